The number of hydrogen-bond donors (Lipinski definition) is 2. The lowest BCUT2D eigenvalue weighted by molar-refractivity contribution is 0.0901. The van der Waals surface area contributed by atoms with E-state index >= 15 is 0 Å². The number of nitrogens with one attached hydrogen (secondary N) is 2. The Labute approximate surface area is 197 Å². The van der Waals surface area contributed by atoms with Gasteiger partial charge in [0.15, 0.2) is 5.13 Å². The summed E-state index contributed by atoms with van der Waals surface area (Å²) in [6.07, 6.45) is 7.04. The quantitative estimate of drug-likeness (QED) is 0.617. The van der Waals surface area contributed by atoms with E-state index in [0.717, 1.165) is 70.6 Å². The molecule has 0 unspecified atom stereocenters. The van der Waals surface area contributed by atoms with Crippen LogP contribution in [-0.2, 0) is 6.42 Å². The van der Waals surface area contributed by atoms with Crippen LogP contribution in [0.1, 0.15) is 48.1 Å². The first-order chi connectivity index (χ1) is 16.0. The molecule has 1 fully saturated rings. The summed E-state index contributed by atoms with van der Waals surface area (Å²) in [5.41, 5.74) is 3.79. The zero-order valence-corrected chi connectivity index (χ0v) is 19.7. The van der Waals surface area contributed by atoms with Crippen molar-refractivity contribution in [1.29, 1.82) is 0 Å². The third-order valence-electron chi connectivity index (χ3n) is 6.62. The van der Waals surface area contributed by atoms with Crippen LogP contribution in [0.15, 0.2) is 30.6 Å². The third kappa shape index (κ3) is 3.79. The predicted octanol–water partition coefficient (Wildman–Crippen LogP) is 3.53. The lowest BCUT2D eigenvalue weighted by atomic mass is 9.94. The molecule has 6 rings (SSSR count). The van der Waals surface area contributed by atoms with Gasteiger partial charge in [0.25, 0.3) is 5.91 Å². The molecule has 2 N–H and O–H groups in total. The number of carbonyl (C=O) groups is 1. The SMILES string of the molecule is CC1(C)Cc2nc(N3CCOc4ccc(-c5cnn(C6CCNCC6)c5)cc43)sc2C(=O)N1. The van der Waals surface area contributed by atoms with Gasteiger partial charge in [0, 0.05) is 23.7 Å². The van der Waals surface area contributed by atoms with Crippen LogP contribution in [0.4, 0.5) is 10.8 Å². The maximum atomic E-state index is 12.6. The fraction of sp³-hybridized carbons (Fsp3) is 0.458. The average Bonchev–Trinajstić information content (AvgIpc) is 3.46. The molecule has 0 bridgehead atoms. The summed E-state index contributed by atoms with van der Waals surface area (Å²) in [4.78, 5) is 20.4. The van der Waals surface area contributed by atoms with E-state index in [0.29, 0.717) is 19.2 Å². The van der Waals surface area contributed by atoms with Crippen LogP contribution in [0.3, 0.4) is 0 Å². The highest BCUT2D eigenvalue weighted by Gasteiger charge is 2.35. The largest absolute Gasteiger partial charge is 0.490 e. The molecule has 0 atom stereocenters. The summed E-state index contributed by atoms with van der Waals surface area (Å²) >= 11 is 1.46. The van der Waals surface area contributed by atoms with Crippen molar-refractivity contribution in [2.24, 2.45) is 0 Å². The highest BCUT2D eigenvalue weighted by atomic mass is 32.1. The van der Waals surface area contributed by atoms with Gasteiger partial charge in [-0.1, -0.05) is 17.4 Å². The predicted molar refractivity (Wildman–Crippen MR) is 129 cm³/mol. The maximum absolute atomic E-state index is 12.6. The minimum absolute atomic E-state index is 0.0300. The van der Waals surface area contributed by atoms with Crippen molar-refractivity contribution in [3.8, 4) is 16.9 Å². The molecule has 2 aromatic heterocycles. The number of fused-ring (bicyclic) bond motifs is 2. The van der Waals surface area contributed by atoms with Crippen LogP contribution in [0.5, 0.6) is 5.75 Å². The lowest BCUT2D eigenvalue weighted by Gasteiger charge is -2.29. The van der Waals surface area contributed by atoms with Gasteiger partial charge >= 0.3 is 0 Å². The van der Waals surface area contributed by atoms with Gasteiger partial charge in [0.05, 0.1) is 30.2 Å². The standard InChI is InChI=1S/C24H28N6O2S/c1-24(2)12-18-21(22(31)28-24)33-23(27-18)29-9-10-32-20-4-3-15(11-19(20)29)16-13-26-30(14-16)17-5-7-25-8-6-17/h3-4,11,13-14,17,25H,5-10,12H2,1-2H3,(H,28,31). The maximum Gasteiger partial charge on any atom is 0.263 e. The number of aromatic nitrogens is 3. The van der Waals surface area contributed by atoms with Crippen molar-refractivity contribution in [2.45, 2.75) is 44.7 Å². The van der Waals surface area contributed by atoms with E-state index in [1.54, 1.807) is 0 Å². The number of amides is 1. The van der Waals surface area contributed by atoms with Gasteiger partial charge in [-0.25, -0.2) is 4.98 Å². The number of piperidine rings is 1. The molecule has 0 saturated carbocycles. The molecule has 3 aromatic rings. The molecule has 5 heterocycles. The number of carbonyl (C=O) groups excluding carboxylic acids is 1. The second-order valence-corrected chi connectivity index (χ2v) is 10.6. The Morgan fingerprint density at radius 1 is 1.21 bits per heavy atom. The summed E-state index contributed by atoms with van der Waals surface area (Å²) in [6, 6.07) is 6.73. The minimum atomic E-state index is -0.278. The Morgan fingerprint density at radius 2 is 2.06 bits per heavy atom. The fourth-order valence-electron chi connectivity index (χ4n) is 4.93. The summed E-state index contributed by atoms with van der Waals surface area (Å²) in [5.74, 6) is 0.811. The van der Waals surface area contributed by atoms with Crippen LogP contribution in [0.2, 0.25) is 0 Å². The van der Waals surface area contributed by atoms with Crippen LogP contribution in [0, 0.1) is 0 Å². The number of nitrogens with zero attached hydrogens (tertiary/aromatic N) is 4. The number of rotatable bonds is 3. The Bertz CT molecular complexity index is 1210. The third-order valence-corrected chi connectivity index (χ3v) is 7.74. The first kappa shape index (κ1) is 20.7. The van der Waals surface area contributed by atoms with Gasteiger partial charge < -0.3 is 20.3 Å². The molecule has 1 amide bonds. The topological polar surface area (TPSA) is 84.3 Å². The van der Waals surface area contributed by atoms with Crippen molar-refractivity contribution in [3.05, 3.63) is 41.2 Å². The van der Waals surface area contributed by atoms with E-state index in [1.807, 2.05) is 26.1 Å². The minimum Gasteiger partial charge on any atom is -0.490 e. The number of thiazole rings is 1. The summed E-state index contributed by atoms with van der Waals surface area (Å²) < 4.78 is 8.06. The van der Waals surface area contributed by atoms with E-state index in [2.05, 4.69) is 43.6 Å². The molecule has 9 heteroatoms. The molecule has 3 aliphatic rings. The van der Waals surface area contributed by atoms with E-state index in [-0.39, 0.29) is 11.4 Å². The molecule has 172 valence electrons. The second kappa shape index (κ2) is 7.85. The van der Waals surface area contributed by atoms with Gasteiger partial charge in [-0.15, -0.1) is 0 Å². The van der Waals surface area contributed by atoms with Crippen molar-refractivity contribution in [1.82, 2.24) is 25.4 Å². The first-order valence-corrected chi connectivity index (χ1v) is 12.4. The molecule has 8 nitrogen and oxygen atoms in total. The molecule has 0 radical (unpaired) electrons. The van der Waals surface area contributed by atoms with Gasteiger partial charge in [0.2, 0.25) is 0 Å². The van der Waals surface area contributed by atoms with E-state index in [1.165, 1.54) is 11.3 Å². The molecule has 1 saturated heterocycles. The van der Waals surface area contributed by atoms with Crippen molar-refractivity contribution in [2.75, 3.05) is 31.1 Å². The van der Waals surface area contributed by atoms with E-state index < -0.39 is 0 Å². The number of anilines is 2. The zero-order chi connectivity index (χ0) is 22.6. The van der Waals surface area contributed by atoms with Crippen molar-refractivity contribution in [3.63, 3.8) is 0 Å². The molecule has 1 aromatic carbocycles. The molecular formula is C24H28N6O2S. The van der Waals surface area contributed by atoms with Gasteiger partial charge in [-0.2, -0.15) is 5.10 Å². The van der Waals surface area contributed by atoms with E-state index in [9.17, 15) is 4.79 Å². The Balaban J connectivity index is 1.33. The summed E-state index contributed by atoms with van der Waals surface area (Å²) in [7, 11) is 0. The zero-order valence-electron chi connectivity index (χ0n) is 18.9. The van der Waals surface area contributed by atoms with Crippen LogP contribution < -0.4 is 20.3 Å². The van der Waals surface area contributed by atoms with Gasteiger partial charge in [-0.05, 0) is 57.5 Å². The van der Waals surface area contributed by atoms with Crippen LogP contribution in [-0.4, -0.2) is 52.5 Å². The molecule has 0 aliphatic carbocycles. The van der Waals surface area contributed by atoms with Gasteiger partial charge in [0.1, 0.15) is 17.2 Å². The highest BCUT2D eigenvalue weighted by Crippen LogP contribution is 2.42. The monoisotopic (exact) mass is 464 g/mol. The molecule has 3 aliphatic heterocycles. The van der Waals surface area contributed by atoms with Crippen LogP contribution >= 0.6 is 11.3 Å². The van der Waals surface area contributed by atoms with Gasteiger partial charge in [-0.3, -0.25) is 9.48 Å². The molecular weight excluding hydrogens is 436 g/mol. The summed E-state index contributed by atoms with van der Waals surface area (Å²) in [5, 5.41) is 12.0. The smallest absolute Gasteiger partial charge is 0.263 e. The second-order valence-electron chi connectivity index (χ2n) is 9.66. The first-order valence-electron chi connectivity index (χ1n) is 11.6. The Hall–Kier alpha value is -2.91. The fourth-order valence-corrected chi connectivity index (χ4v) is 5.95. The normalized spacial score (nSPS) is 20.1. The molecule has 0 spiro atoms. The Kier molecular flexibility index (Phi) is 4.92. The van der Waals surface area contributed by atoms with E-state index in [4.69, 9.17) is 9.72 Å². The highest BCUT2D eigenvalue weighted by molar-refractivity contribution is 7.17. The Morgan fingerprint density at radius 3 is 2.91 bits per heavy atom. The molecule has 33 heavy (non-hydrogen) atoms. The number of ether oxygens (including phenoxy) is 1. The van der Waals surface area contributed by atoms with Crippen molar-refractivity contribution < 1.29 is 9.53 Å². The summed E-state index contributed by atoms with van der Waals surface area (Å²) in [6.45, 7) is 7.43. The number of hydrogen-bond acceptors (Lipinski definition) is 7. The average molecular weight is 465 g/mol. The number of benzene rings is 1. The van der Waals surface area contributed by atoms with Crippen LogP contribution in [0.25, 0.3) is 11.1 Å². The lowest BCUT2D eigenvalue weighted by Crippen LogP contribution is -2.48. The van der Waals surface area contributed by atoms with Crippen molar-refractivity contribution >= 4 is 28.1 Å².